The highest BCUT2D eigenvalue weighted by Crippen LogP contribution is 2.57. The van der Waals surface area contributed by atoms with Crippen molar-refractivity contribution in [2.45, 2.75) is 44.9 Å². The number of fused-ring (bicyclic) bond motifs is 1. The quantitative estimate of drug-likeness (QED) is 0.813. The van der Waals surface area contributed by atoms with Crippen molar-refractivity contribution >= 4 is 18.3 Å². The summed E-state index contributed by atoms with van der Waals surface area (Å²) in [5, 5.41) is 3.00. The zero-order chi connectivity index (χ0) is 18.2. The number of methoxy groups -OCH3 is 2. The number of rotatable bonds is 5. The van der Waals surface area contributed by atoms with Gasteiger partial charge in [-0.2, -0.15) is 0 Å². The first-order valence-electron chi connectivity index (χ1n) is 8.76. The van der Waals surface area contributed by atoms with Crippen LogP contribution in [0.1, 0.15) is 32.3 Å². The Balaban J connectivity index is 0.00000243. The van der Waals surface area contributed by atoms with Crippen LogP contribution in [0.3, 0.4) is 0 Å². The molecule has 3 N–H and O–H groups in total. The minimum Gasteiger partial charge on any atom is -0.497 e. The van der Waals surface area contributed by atoms with Crippen molar-refractivity contribution in [2.24, 2.45) is 17.1 Å². The summed E-state index contributed by atoms with van der Waals surface area (Å²) < 4.78 is 16.5. The fourth-order valence-corrected chi connectivity index (χ4v) is 4.36. The van der Waals surface area contributed by atoms with E-state index in [1.54, 1.807) is 20.3 Å². The molecule has 26 heavy (non-hydrogen) atoms. The number of carbonyl (C=O) groups is 1. The van der Waals surface area contributed by atoms with Gasteiger partial charge in [0.2, 0.25) is 5.91 Å². The maximum atomic E-state index is 13.0. The van der Waals surface area contributed by atoms with Gasteiger partial charge in [-0.3, -0.25) is 4.79 Å². The second kappa shape index (κ2) is 7.62. The molecule has 146 valence electrons. The van der Waals surface area contributed by atoms with E-state index in [0.29, 0.717) is 18.0 Å². The fraction of sp³-hybridized carbons (Fsp3) is 0.632. The molecule has 3 unspecified atom stereocenters. The number of halogens is 1. The predicted molar refractivity (Wildman–Crippen MR) is 102 cm³/mol. The van der Waals surface area contributed by atoms with Gasteiger partial charge in [-0.05, 0) is 25.0 Å². The van der Waals surface area contributed by atoms with Crippen LogP contribution in [-0.2, 0) is 16.1 Å². The summed E-state index contributed by atoms with van der Waals surface area (Å²) in [5.41, 5.74) is 6.21. The van der Waals surface area contributed by atoms with Gasteiger partial charge >= 0.3 is 0 Å². The van der Waals surface area contributed by atoms with E-state index in [4.69, 9.17) is 19.9 Å². The molecule has 3 rings (SSSR count). The molecule has 6 nitrogen and oxygen atoms in total. The number of hydrogen-bond acceptors (Lipinski definition) is 5. The summed E-state index contributed by atoms with van der Waals surface area (Å²) in [6.45, 7) is 5.16. The molecule has 1 heterocycles. The minimum absolute atomic E-state index is 0. The van der Waals surface area contributed by atoms with Crippen LogP contribution in [0.2, 0.25) is 0 Å². The number of nitrogens with one attached hydrogen (secondary N) is 1. The van der Waals surface area contributed by atoms with Crippen molar-refractivity contribution < 1.29 is 19.0 Å². The normalized spacial score (nSPS) is 28.8. The van der Waals surface area contributed by atoms with Crippen molar-refractivity contribution in [3.63, 3.8) is 0 Å². The van der Waals surface area contributed by atoms with E-state index in [9.17, 15) is 4.79 Å². The number of amides is 1. The van der Waals surface area contributed by atoms with Crippen LogP contribution in [0, 0.1) is 11.3 Å². The standard InChI is InChI=1S/C19H28N2O4.ClH/c1-18(2)16-14(6-5-9-25-16)19(18,20)17(22)21-11-12-7-8-13(23-3)10-15(12)24-4;/h7-8,10,14,16H,5-6,9,11,20H2,1-4H3,(H,21,22);1H. The average molecular weight is 385 g/mol. The van der Waals surface area contributed by atoms with E-state index in [1.807, 2.05) is 26.0 Å². The Morgan fingerprint density at radius 1 is 1.35 bits per heavy atom. The topological polar surface area (TPSA) is 82.8 Å². The maximum Gasteiger partial charge on any atom is 0.241 e. The van der Waals surface area contributed by atoms with Gasteiger partial charge in [0.25, 0.3) is 0 Å². The Kier molecular flexibility index (Phi) is 6.10. The third kappa shape index (κ3) is 3.04. The molecule has 1 aliphatic carbocycles. The summed E-state index contributed by atoms with van der Waals surface area (Å²) in [5.74, 6) is 1.35. The lowest BCUT2D eigenvalue weighted by Gasteiger charge is -2.65. The van der Waals surface area contributed by atoms with Crippen molar-refractivity contribution in [1.29, 1.82) is 0 Å². The first-order valence-corrected chi connectivity index (χ1v) is 8.76. The van der Waals surface area contributed by atoms with Gasteiger partial charge in [-0.25, -0.2) is 0 Å². The van der Waals surface area contributed by atoms with Gasteiger partial charge in [0, 0.05) is 36.1 Å². The summed E-state index contributed by atoms with van der Waals surface area (Å²) in [4.78, 5) is 13.0. The molecule has 0 radical (unpaired) electrons. The molecular weight excluding hydrogens is 356 g/mol. The van der Waals surface area contributed by atoms with Gasteiger partial charge in [0.05, 0.1) is 20.3 Å². The first kappa shape index (κ1) is 20.8. The smallest absolute Gasteiger partial charge is 0.241 e. The van der Waals surface area contributed by atoms with Crippen LogP contribution in [-0.4, -0.2) is 38.4 Å². The molecule has 2 fully saturated rings. The third-order valence-corrected chi connectivity index (χ3v) is 5.99. The summed E-state index contributed by atoms with van der Waals surface area (Å²) in [6.07, 6.45) is 1.95. The molecule has 0 bridgehead atoms. The molecule has 1 saturated heterocycles. The van der Waals surface area contributed by atoms with E-state index in [0.717, 1.165) is 25.0 Å². The Hall–Kier alpha value is -1.50. The maximum absolute atomic E-state index is 13.0. The van der Waals surface area contributed by atoms with Gasteiger partial charge in [0.15, 0.2) is 0 Å². The monoisotopic (exact) mass is 384 g/mol. The van der Waals surface area contributed by atoms with Crippen LogP contribution >= 0.6 is 12.4 Å². The van der Waals surface area contributed by atoms with E-state index in [-0.39, 0.29) is 35.8 Å². The summed E-state index contributed by atoms with van der Waals surface area (Å²) >= 11 is 0. The molecule has 1 amide bonds. The molecule has 1 aromatic carbocycles. The first-order chi connectivity index (χ1) is 11.9. The van der Waals surface area contributed by atoms with E-state index >= 15 is 0 Å². The Bertz CT molecular complexity index is 667. The highest BCUT2D eigenvalue weighted by molar-refractivity contribution is 5.89. The average Bonchev–Trinajstić information content (AvgIpc) is 2.65. The van der Waals surface area contributed by atoms with Crippen LogP contribution in [0.4, 0.5) is 0 Å². The summed E-state index contributed by atoms with van der Waals surface area (Å²) in [7, 11) is 3.21. The molecule has 1 aromatic rings. The van der Waals surface area contributed by atoms with Crippen molar-refractivity contribution in [3.05, 3.63) is 23.8 Å². The van der Waals surface area contributed by atoms with Crippen LogP contribution in [0.15, 0.2) is 18.2 Å². The lowest BCUT2D eigenvalue weighted by atomic mass is 9.46. The molecule has 0 spiro atoms. The highest BCUT2D eigenvalue weighted by atomic mass is 35.5. The second-order valence-electron chi connectivity index (χ2n) is 7.49. The SMILES string of the molecule is COc1ccc(CNC(=O)C2(N)C3CCCOC3C2(C)C)c(OC)c1.Cl. The molecule has 1 saturated carbocycles. The zero-order valence-electron chi connectivity index (χ0n) is 15.8. The van der Waals surface area contributed by atoms with Gasteiger partial charge in [-0.1, -0.05) is 13.8 Å². The lowest BCUT2D eigenvalue weighted by Crippen LogP contribution is -2.82. The molecule has 1 aliphatic heterocycles. The molecular formula is C19H29ClN2O4. The fourth-order valence-electron chi connectivity index (χ4n) is 4.36. The summed E-state index contributed by atoms with van der Waals surface area (Å²) in [6, 6.07) is 5.54. The Morgan fingerprint density at radius 2 is 2.08 bits per heavy atom. The van der Waals surface area contributed by atoms with Gasteiger partial charge < -0.3 is 25.3 Å². The van der Waals surface area contributed by atoms with Crippen LogP contribution < -0.4 is 20.5 Å². The van der Waals surface area contributed by atoms with Gasteiger partial charge in [0.1, 0.15) is 17.0 Å². The second-order valence-corrected chi connectivity index (χ2v) is 7.49. The van der Waals surface area contributed by atoms with Crippen molar-refractivity contribution in [2.75, 3.05) is 20.8 Å². The van der Waals surface area contributed by atoms with Crippen molar-refractivity contribution in [1.82, 2.24) is 5.32 Å². The number of nitrogens with two attached hydrogens (primary N) is 1. The zero-order valence-corrected chi connectivity index (χ0v) is 16.7. The van der Waals surface area contributed by atoms with E-state index < -0.39 is 5.54 Å². The van der Waals surface area contributed by atoms with E-state index in [1.165, 1.54) is 0 Å². The number of carbonyl (C=O) groups excluding carboxylic acids is 1. The molecule has 2 aliphatic rings. The molecule has 3 atom stereocenters. The van der Waals surface area contributed by atoms with Gasteiger partial charge in [-0.15, -0.1) is 12.4 Å². The minimum atomic E-state index is -0.905. The van der Waals surface area contributed by atoms with Crippen LogP contribution in [0.5, 0.6) is 11.5 Å². The van der Waals surface area contributed by atoms with Crippen LogP contribution in [0.25, 0.3) is 0 Å². The highest BCUT2D eigenvalue weighted by Gasteiger charge is 2.70. The third-order valence-electron chi connectivity index (χ3n) is 5.99. The largest absolute Gasteiger partial charge is 0.497 e. The van der Waals surface area contributed by atoms with E-state index in [2.05, 4.69) is 5.32 Å². The number of ether oxygens (including phenoxy) is 3. The predicted octanol–water partition coefficient (Wildman–Crippen LogP) is 2.27. The Morgan fingerprint density at radius 3 is 2.73 bits per heavy atom. The molecule has 0 aromatic heterocycles. The molecule has 7 heteroatoms. The Labute approximate surface area is 161 Å². The lowest BCUT2D eigenvalue weighted by molar-refractivity contribution is -0.225. The number of hydrogen-bond donors (Lipinski definition) is 2. The van der Waals surface area contributed by atoms with Crippen molar-refractivity contribution in [3.8, 4) is 11.5 Å². The number of benzene rings is 1.